The molecule has 1 heterocycles. The van der Waals surface area contributed by atoms with E-state index in [0.717, 1.165) is 21.8 Å². The Kier molecular flexibility index (Phi) is 6.95. The number of amides is 2. The molecule has 1 aliphatic rings. The fourth-order valence-corrected chi connectivity index (χ4v) is 3.64. The van der Waals surface area contributed by atoms with Crippen molar-refractivity contribution in [2.75, 3.05) is 19.8 Å². The summed E-state index contributed by atoms with van der Waals surface area (Å²) in [6.45, 7) is 9.22. The smallest absolute Gasteiger partial charge is 0.293 e. The highest BCUT2D eigenvalue weighted by atomic mass is 79.9. The highest BCUT2D eigenvalue weighted by Gasteiger charge is 2.35. The first kappa shape index (κ1) is 19.8. The molecule has 2 rings (SSSR count). The van der Waals surface area contributed by atoms with E-state index in [2.05, 4.69) is 15.9 Å². The van der Waals surface area contributed by atoms with Crippen LogP contribution in [0.5, 0.6) is 11.5 Å². The molecule has 0 bridgehead atoms. The lowest BCUT2D eigenvalue weighted by molar-refractivity contribution is -0.123. The standard InChI is InChI=1S/C18H22BrNO4S/c1-5-23-14-7-12(13(19)9-15(14)24-6-2)8-16-17(21)20(10-11(3)4)18(22)25-16/h7-9,11H,5-6,10H2,1-4H3/b16-8-. The summed E-state index contributed by atoms with van der Waals surface area (Å²) in [7, 11) is 0. The third-order valence-corrected chi connectivity index (χ3v) is 4.96. The molecular formula is C18H22BrNO4S. The maximum absolute atomic E-state index is 12.5. The Balaban J connectivity index is 2.35. The summed E-state index contributed by atoms with van der Waals surface area (Å²) in [5.74, 6) is 1.23. The minimum Gasteiger partial charge on any atom is -0.490 e. The number of benzene rings is 1. The molecule has 1 fully saturated rings. The predicted octanol–water partition coefficient (Wildman–Crippen LogP) is 4.94. The van der Waals surface area contributed by atoms with Gasteiger partial charge in [-0.1, -0.05) is 29.8 Å². The fraction of sp³-hybridized carbons (Fsp3) is 0.444. The molecular weight excluding hydrogens is 406 g/mol. The van der Waals surface area contributed by atoms with Gasteiger partial charge in [-0.3, -0.25) is 14.5 Å². The van der Waals surface area contributed by atoms with E-state index in [1.165, 1.54) is 4.90 Å². The van der Waals surface area contributed by atoms with Gasteiger partial charge in [0.1, 0.15) is 0 Å². The van der Waals surface area contributed by atoms with Gasteiger partial charge in [0.25, 0.3) is 11.1 Å². The number of ether oxygens (including phenoxy) is 2. The number of nitrogens with zero attached hydrogens (tertiary/aromatic N) is 1. The Morgan fingerprint density at radius 3 is 2.32 bits per heavy atom. The first-order valence-corrected chi connectivity index (χ1v) is 9.82. The van der Waals surface area contributed by atoms with Gasteiger partial charge in [0.2, 0.25) is 0 Å². The Labute approximate surface area is 160 Å². The normalized spacial score (nSPS) is 16.2. The lowest BCUT2D eigenvalue weighted by atomic mass is 10.1. The summed E-state index contributed by atoms with van der Waals surface area (Å²) in [6.07, 6.45) is 1.72. The van der Waals surface area contributed by atoms with Crippen molar-refractivity contribution in [1.29, 1.82) is 0 Å². The summed E-state index contributed by atoms with van der Waals surface area (Å²) in [5, 5.41) is -0.225. The van der Waals surface area contributed by atoms with E-state index in [9.17, 15) is 9.59 Å². The third-order valence-electron chi connectivity index (χ3n) is 3.37. The second kappa shape index (κ2) is 8.76. The van der Waals surface area contributed by atoms with Crippen molar-refractivity contribution in [1.82, 2.24) is 4.90 Å². The van der Waals surface area contributed by atoms with Gasteiger partial charge in [-0.25, -0.2) is 0 Å². The van der Waals surface area contributed by atoms with Crippen LogP contribution >= 0.6 is 27.7 Å². The molecule has 0 aliphatic carbocycles. The number of carbonyl (C=O) groups excluding carboxylic acids is 2. The number of hydrogen-bond acceptors (Lipinski definition) is 5. The van der Waals surface area contributed by atoms with Crippen molar-refractivity contribution in [2.45, 2.75) is 27.7 Å². The molecule has 136 valence electrons. The largest absolute Gasteiger partial charge is 0.490 e. The van der Waals surface area contributed by atoms with Crippen LogP contribution in [0, 0.1) is 5.92 Å². The van der Waals surface area contributed by atoms with Crippen LogP contribution in [0.25, 0.3) is 6.08 Å². The summed E-state index contributed by atoms with van der Waals surface area (Å²) in [4.78, 5) is 26.3. The topological polar surface area (TPSA) is 55.8 Å². The van der Waals surface area contributed by atoms with Gasteiger partial charge in [0.05, 0.1) is 18.1 Å². The molecule has 0 radical (unpaired) electrons. The van der Waals surface area contributed by atoms with Crippen molar-refractivity contribution in [3.8, 4) is 11.5 Å². The Morgan fingerprint density at radius 1 is 1.16 bits per heavy atom. The lowest BCUT2D eigenvalue weighted by Gasteiger charge is -2.14. The molecule has 0 spiro atoms. The molecule has 1 aromatic carbocycles. The van der Waals surface area contributed by atoms with Gasteiger partial charge in [-0.15, -0.1) is 0 Å². The second-order valence-corrected chi connectivity index (χ2v) is 7.72. The van der Waals surface area contributed by atoms with Crippen LogP contribution in [0.3, 0.4) is 0 Å². The molecule has 1 aliphatic heterocycles. The molecule has 0 aromatic heterocycles. The van der Waals surface area contributed by atoms with Crippen molar-refractivity contribution < 1.29 is 19.1 Å². The van der Waals surface area contributed by atoms with Crippen molar-refractivity contribution in [3.63, 3.8) is 0 Å². The van der Waals surface area contributed by atoms with E-state index in [1.54, 1.807) is 6.08 Å². The molecule has 2 amide bonds. The number of halogens is 1. The van der Waals surface area contributed by atoms with Crippen LogP contribution in [0.15, 0.2) is 21.5 Å². The van der Waals surface area contributed by atoms with Crippen molar-refractivity contribution in [3.05, 3.63) is 27.1 Å². The maximum Gasteiger partial charge on any atom is 0.293 e. The Bertz CT molecular complexity index is 703. The van der Waals surface area contributed by atoms with Crippen LogP contribution in [0.4, 0.5) is 4.79 Å². The molecule has 5 nitrogen and oxygen atoms in total. The molecule has 0 saturated carbocycles. The zero-order valence-corrected chi connectivity index (χ0v) is 17.2. The van der Waals surface area contributed by atoms with Crippen LogP contribution in [0.2, 0.25) is 0 Å². The molecule has 1 saturated heterocycles. The molecule has 0 N–H and O–H groups in total. The quantitative estimate of drug-likeness (QED) is 0.576. The summed E-state index contributed by atoms with van der Waals surface area (Å²) in [5.41, 5.74) is 0.766. The summed E-state index contributed by atoms with van der Waals surface area (Å²) in [6, 6.07) is 3.63. The van der Waals surface area contributed by atoms with Gasteiger partial charge in [-0.2, -0.15) is 0 Å². The van der Waals surface area contributed by atoms with Gasteiger partial charge in [0, 0.05) is 11.0 Å². The van der Waals surface area contributed by atoms with Crippen molar-refractivity contribution in [2.24, 2.45) is 5.92 Å². The number of thioether (sulfide) groups is 1. The van der Waals surface area contributed by atoms with Crippen LogP contribution in [-0.4, -0.2) is 35.8 Å². The van der Waals surface area contributed by atoms with E-state index in [-0.39, 0.29) is 17.1 Å². The molecule has 1 aromatic rings. The fourth-order valence-electron chi connectivity index (χ4n) is 2.36. The monoisotopic (exact) mass is 427 g/mol. The number of hydrogen-bond donors (Lipinski definition) is 0. The second-order valence-electron chi connectivity index (χ2n) is 5.87. The Hall–Kier alpha value is -1.47. The highest BCUT2D eigenvalue weighted by molar-refractivity contribution is 9.10. The maximum atomic E-state index is 12.5. The van der Waals surface area contributed by atoms with Crippen molar-refractivity contribution >= 4 is 44.9 Å². The average molecular weight is 428 g/mol. The summed E-state index contributed by atoms with van der Waals surface area (Å²) >= 11 is 4.47. The number of imide groups is 1. The average Bonchev–Trinajstić information content (AvgIpc) is 2.79. The van der Waals surface area contributed by atoms with Gasteiger partial charge >= 0.3 is 0 Å². The molecule has 0 atom stereocenters. The zero-order valence-electron chi connectivity index (χ0n) is 14.8. The third kappa shape index (κ3) is 4.79. The van der Waals surface area contributed by atoms with Crippen LogP contribution in [0.1, 0.15) is 33.3 Å². The number of carbonyl (C=O) groups is 2. The zero-order chi connectivity index (χ0) is 18.6. The first-order chi connectivity index (χ1) is 11.9. The van der Waals surface area contributed by atoms with Crippen LogP contribution in [-0.2, 0) is 4.79 Å². The van der Waals surface area contributed by atoms with E-state index in [0.29, 0.717) is 36.2 Å². The summed E-state index contributed by atoms with van der Waals surface area (Å²) < 4.78 is 12.0. The number of rotatable bonds is 7. The van der Waals surface area contributed by atoms with E-state index in [1.807, 2.05) is 39.8 Å². The lowest BCUT2D eigenvalue weighted by Crippen LogP contribution is -2.31. The Morgan fingerprint density at radius 2 is 1.76 bits per heavy atom. The van der Waals surface area contributed by atoms with Gasteiger partial charge < -0.3 is 9.47 Å². The van der Waals surface area contributed by atoms with Gasteiger partial charge in [-0.05, 0) is 55.3 Å². The molecule has 0 unspecified atom stereocenters. The van der Waals surface area contributed by atoms with E-state index >= 15 is 0 Å². The molecule has 25 heavy (non-hydrogen) atoms. The molecule has 7 heteroatoms. The predicted molar refractivity (Wildman–Crippen MR) is 104 cm³/mol. The van der Waals surface area contributed by atoms with E-state index < -0.39 is 0 Å². The SMILES string of the molecule is CCOc1cc(Br)c(/C=C2\SC(=O)N(CC(C)C)C2=O)cc1OCC. The highest BCUT2D eigenvalue weighted by Crippen LogP contribution is 2.38. The van der Waals surface area contributed by atoms with Crippen LogP contribution < -0.4 is 9.47 Å². The first-order valence-electron chi connectivity index (χ1n) is 8.21. The minimum atomic E-state index is -0.248. The van der Waals surface area contributed by atoms with E-state index in [4.69, 9.17) is 9.47 Å². The minimum absolute atomic E-state index is 0.225. The van der Waals surface area contributed by atoms with Gasteiger partial charge in [0.15, 0.2) is 11.5 Å².